The van der Waals surface area contributed by atoms with Gasteiger partial charge in [0, 0.05) is 12.6 Å². The zero-order valence-corrected chi connectivity index (χ0v) is 10.1. The van der Waals surface area contributed by atoms with Crippen LogP contribution in [0.2, 0.25) is 0 Å². The Labute approximate surface area is 88.4 Å². The van der Waals surface area contributed by atoms with Crippen molar-refractivity contribution in [3.8, 4) is 0 Å². The van der Waals surface area contributed by atoms with Gasteiger partial charge in [-0.2, -0.15) is 0 Å². The van der Waals surface area contributed by atoms with Crippen LogP contribution in [0.15, 0.2) is 0 Å². The third-order valence-corrected chi connectivity index (χ3v) is 3.14. The van der Waals surface area contributed by atoms with Crippen LogP contribution in [0.1, 0.15) is 47.0 Å². The van der Waals surface area contributed by atoms with Gasteiger partial charge < -0.3 is 10.1 Å². The van der Waals surface area contributed by atoms with Crippen molar-refractivity contribution in [2.75, 3.05) is 13.2 Å². The van der Waals surface area contributed by atoms with Crippen molar-refractivity contribution in [2.45, 2.75) is 58.6 Å². The third-order valence-electron chi connectivity index (χ3n) is 3.14. The Balaban J connectivity index is 2.55. The highest BCUT2D eigenvalue weighted by molar-refractivity contribution is 4.92. The van der Waals surface area contributed by atoms with Crippen LogP contribution in [0.4, 0.5) is 0 Å². The molecule has 0 bridgehead atoms. The van der Waals surface area contributed by atoms with E-state index in [1.807, 2.05) is 0 Å². The highest BCUT2D eigenvalue weighted by Crippen LogP contribution is 2.31. The number of hydrogen-bond donors (Lipinski definition) is 1. The van der Waals surface area contributed by atoms with Crippen molar-refractivity contribution in [3.63, 3.8) is 0 Å². The molecule has 1 N–H and O–H groups in total. The van der Waals surface area contributed by atoms with Crippen LogP contribution in [-0.2, 0) is 4.74 Å². The minimum atomic E-state index is 0.0836. The summed E-state index contributed by atoms with van der Waals surface area (Å²) in [6.07, 6.45) is 3.64. The first-order chi connectivity index (χ1) is 6.58. The van der Waals surface area contributed by atoms with Gasteiger partial charge in [0.25, 0.3) is 0 Å². The zero-order chi connectivity index (χ0) is 10.6. The molecule has 0 saturated carbocycles. The summed E-state index contributed by atoms with van der Waals surface area (Å²) in [6.45, 7) is 11.0. The minimum absolute atomic E-state index is 0.0836. The van der Waals surface area contributed by atoms with Gasteiger partial charge in [-0.15, -0.1) is 0 Å². The molecule has 2 nitrogen and oxygen atoms in total. The predicted octanol–water partition coefficient (Wildman–Crippen LogP) is 2.58. The summed E-state index contributed by atoms with van der Waals surface area (Å²) < 4.78 is 5.89. The molecule has 1 fully saturated rings. The second-order valence-electron chi connectivity index (χ2n) is 5.00. The SMILES string of the molecule is CCNC(CC(C)C)C1(C)CCCO1. The van der Waals surface area contributed by atoms with Gasteiger partial charge >= 0.3 is 0 Å². The fourth-order valence-corrected chi connectivity index (χ4v) is 2.34. The largest absolute Gasteiger partial charge is 0.374 e. The Morgan fingerprint density at radius 1 is 1.43 bits per heavy atom. The number of likely N-dealkylation sites (N-methyl/N-ethyl adjacent to an activating group) is 1. The summed E-state index contributed by atoms with van der Waals surface area (Å²) in [4.78, 5) is 0. The van der Waals surface area contributed by atoms with Crippen LogP contribution < -0.4 is 5.32 Å². The fourth-order valence-electron chi connectivity index (χ4n) is 2.34. The van der Waals surface area contributed by atoms with Gasteiger partial charge in [0.05, 0.1) is 5.60 Å². The number of rotatable bonds is 5. The molecule has 14 heavy (non-hydrogen) atoms. The van der Waals surface area contributed by atoms with E-state index in [2.05, 4.69) is 33.0 Å². The quantitative estimate of drug-likeness (QED) is 0.735. The van der Waals surface area contributed by atoms with Crippen LogP contribution in [-0.4, -0.2) is 24.8 Å². The van der Waals surface area contributed by atoms with E-state index in [-0.39, 0.29) is 5.60 Å². The molecule has 1 heterocycles. The Morgan fingerprint density at radius 3 is 2.57 bits per heavy atom. The molecule has 1 saturated heterocycles. The number of ether oxygens (including phenoxy) is 1. The van der Waals surface area contributed by atoms with Crippen LogP contribution in [0.5, 0.6) is 0 Å². The average molecular weight is 199 g/mol. The standard InChI is InChI=1S/C12H25NO/c1-5-13-11(9-10(2)3)12(4)7-6-8-14-12/h10-11,13H,5-9H2,1-4H3. The summed E-state index contributed by atoms with van der Waals surface area (Å²) in [7, 11) is 0. The molecule has 2 unspecified atom stereocenters. The van der Waals surface area contributed by atoms with E-state index in [1.165, 1.54) is 19.3 Å². The van der Waals surface area contributed by atoms with Crippen molar-refractivity contribution in [3.05, 3.63) is 0 Å². The van der Waals surface area contributed by atoms with E-state index < -0.39 is 0 Å². The highest BCUT2D eigenvalue weighted by atomic mass is 16.5. The summed E-state index contributed by atoms with van der Waals surface area (Å²) >= 11 is 0. The van der Waals surface area contributed by atoms with Gasteiger partial charge in [-0.3, -0.25) is 0 Å². The topological polar surface area (TPSA) is 21.3 Å². The molecule has 0 amide bonds. The number of nitrogens with one attached hydrogen (secondary N) is 1. The van der Waals surface area contributed by atoms with Crippen molar-refractivity contribution < 1.29 is 4.74 Å². The number of hydrogen-bond acceptors (Lipinski definition) is 2. The third kappa shape index (κ3) is 2.96. The fraction of sp³-hybridized carbons (Fsp3) is 1.00. The monoisotopic (exact) mass is 199 g/mol. The summed E-state index contributed by atoms with van der Waals surface area (Å²) in [5.74, 6) is 0.736. The second-order valence-corrected chi connectivity index (χ2v) is 5.00. The van der Waals surface area contributed by atoms with Crippen LogP contribution in [0.3, 0.4) is 0 Å². The van der Waals surface area contributed by atoms with Gasteiger partial charge in [-0.1, -0.05) is 20.8 Å². The molecule has 2 atom stereocenters. The lowest BCUT2D eigenvalue weighted by Gasteiger charge is -2.35. The lowest BCUT2D eigenvalue weighted by atomic mass is 9.87. The van der Waals surface area contributed by atoms with Crippen molar-refractivity contribution in [1.29, 1.82) is 0 Å². The van der Waals surface area contributed by atoms with Crippen LogP contribution in [0.25, 0.3) is 0 Å². The van der Waals surface area contributed by atoms with E-state index in [4.69, 9.17) is 4.74 Å². The Hall–Kier alpha value is -0.0800. The molecule has 84 valence electrons. The normalized spacial score (nSPS) is 29.8. The van der Waals surface area contributed by atoms with E-state index in [0.717, 1.165) is 19.1 Å². The second kappa shape index (κ2) is 5.13. The molecule has 2 heteroatoms. The molecule has 0 aromatic rings. The summed E-state index contributed by atoms with van der Waals surface area (Å²) in [5, 5.41) is 3.57. The van der Waals surface area contributed by atoms with Crippen LogP contribution in [0, 0.1) is 5.92 Å². The highest BCUT2D eigenvalue weighted by Gasteiger charge is 2.37. The molecule has 0 radical (unpaired) electrons. The molecular weight excluding hydrogens is 174 g/mol. The molecule has 0 spiro atoms. The van der Waals surface area contributed by atoms with Gasteiger partial charge in [-0.25, -0.2) is 0 Å². The zero-order valence-electron chi connectivity index (χ0n) is 10.1. The maximum absolute atomic E-state index is 5.89. The van der Waals surface area contributed by atoms with Gasteiger partial charge in [-0.05, 0) is 38.6 Å². The molecule has 1 aliphatic heterocycles. The Bertz CT molecular complexity index is 162. The first kappa shape index (κ1) is 12.0. The van der Waals surface area contributed by atoms with Gasteiger partial charge in [0.1, 0.15) is 0 Å². The van der Waals surface area contributed by atoms with Gasteiger partial charge in [0.15, 0.2) is 0 Å². The van der Waals surface area contributed by atoms with Crippen LogP contribution >= 0.6 is 0 Å². The van der Waals surface area contributed by atoms with Crippen molar-refractivity contribution >= 4 is 0 Å². The molecular formula is C12H25NO. The minimum Gasteiger partial charge on any atom is -0.374 e. The first-order valence-corrected chi connectivity index (χ1v) is 5.96. The lowest BCUT2D eigenvalue weighted by Crippen LogP contribution is -2.49. The van der Waals surface area contributed by atoms with Crippen molar-refractivity contribution in [2.24, 2.45) is 5.92 Å². The van der Waals surface area contributed by atoms with E-state index in [9.17, 15) is 0 Å². The molecule has 0 aromatic heterocycles. The van der Waals surface area contributed by atoms with E-state index in [1.54, 1.807) is 0 Å². The molecule has 0 aliphatic carbocycles. The summed E-state index contributed by atoms with van der Waals surface area (Å²) in [5.41, 5.74) is 0.0836. The van der Waals surface area contributed by atoms with Crippen molar-refractivity contribution in [1.82, 2.24) is 5.32 Å². The van der Waals surface area contributed by atoms with E-state index in [0.29, 0.717) is 6.04 Å². The Kier molecular flexibility index (Phi) is 4.39. The predicted molar refractivity (Wildman–Crippen MR) is 60.5 cm³/mol. The van der Waals surface area contributed by atoms with E-state index >= 15 is 0 Å². The van der Waals surface area contributed by atoms with Gasteiger partial charge in [0.2, 0.25) is 0 Å². The molecule has 0 aromatic carbocycles. The smallest absolute Gasteiger partial charge is 0.0807 e. The Morgan fingerprint density at radius 2 is 2.14 bits per heavy atom. The average Bonchev–Trinajstić information content (AvgIpc) is 2.52. The maximum atomic E-state index is 5.89. The lowest BCUT2D eigenvalue weighted by molar-refractivity contribution is -0.0165. The summed E-state index contributed by atoms with van der Waals surface area (Å²) in [6, 6.07) is 0.523. The molecule has 1 rings (SSSR count). The maximum Gasteiger partial charge on any atom is 0.0807 e. The first-order valence-electron chi connectivity index (χ1n) is 5.96. The molecule has 1 aliphatic rings.